The number of carbonyl (C=O) groups excluding carboxylic acids is 1. The maximum atomic E-state index is 13.9. The van der Waals surface area contributed by atoms with E-state index >= 15 is 0 Å². The molecule has 3 aromatic rings. The predicted octanol–water partition coefficient (Wildman–Crippen LogP) is 6.09. The van der Waals surface area contributed by atoms with Crippen LogP contribution in [0.15, 0.2) is 71.2 Å². The zero-order valence-corrected chi connectivity index (χ0v) is 22.9. The summed E-state index contributed by atoms with van der Waals surface area (Å²) in [6.07, 6.45) is 0.971. The summed E-state index contributed by atoms with van der Waals surface area (Å²) in [6, 6.07) is 17.6. The van der Waals surface area contributed by atoms with Crippen molar-refractivity contribution in [1.82, 2.24) is 9.78 Å². The molecule has 2 N–H and O–H groups in total. The van der Waals surface area contributed by atoms with E-state index in [1.165, 1.54) is 0 Å². The normalized spacial score (nSPS) is 18.9. The number of methoxy groups -OCH3 is 1. The van der Waals surface area contributed by atoms with E-state index in [4.69, 9.17) is 27.2 Å². The molecular weight excluding hydrogens is 498 g/mol. The minimum Gasteiger partial charge on any atom is -0.497 e. The molecule has 194 valence electrons. The third kappa shape index (κ3) is 4.15. The van der Waals surface area contributed by atoms with Gasteiger partial charge in [0.2, 0.25) is 0 Å². The summed E-state index contributed by atoms with van der Waals surface area (Å²) in [5, 5.41) is 15.5. The number of nitriles is 1. The molecule has 2 aliphatic rings. The lowest BCUT2D eigenvalue weighted by molar-refractivity contribution is -0.118. The Balaban J connectivity index is 1.75. The zero-order chi connectivity index (χ0) is 27.4. The van der Waals surface area contributed by atoms with E-state index in [0.29, 0.717) is 40.6 Å². The maximum absolute atomic E-state index is 13.9. The second-order valence-corrected chi connectivity index (χ2v) is 11.1. The van der Waals surface area contributed by atoms with Crippen LogP contribution in [0.3, 0.4) is 0 Å². The first-order chi connectivity index (χ1) is 18.1. The number of benzene rings is 2. The summed E-state index contributed by atoms with van der Waals surface area (Å²) in [5.41, 5.74) is 12.1. The summed E-state index contributed by atoms with van der Waals surface area (Å²) in [5.74, 6) is 0.260. The van der Waals surface area contributed by atoms with Crippen LogP contribution in [0, 0.1) is 30.6 Å². The Labute approximate surface area is 227 Å². The summed E-state index contributed by atoms with van der Waals surface area (Å²) in [4.78, 5) is 15.7. The smallest absolute Gasteiger partial charge is 0.162 e. The van der Waals surface area contributed by atoms with Gasteiger partial charge in [-0.2, -0.15) is 10.4 Å². The topological polar surface area (TPSA) is 97.2 Å². The molecule has 1 unspecified atom stereocenters. The minimum atomic E-state index is -0.709. The number of ketones is 1. The standard InChI is InChI=1S/C30H30ClN5O2/c1-17-6-8-20(9-7-17)36-28(31)25(18(2)34-36)26-22(16-32)29(33)35(19-10-12-21(38-5)13-11-19)23-14-30(3,4)15-24(37)27(23)26/h6-13,26H,14-15,33H2,1-5H3. The van der Waals surface area contributed by atoms with Crippen molar-refractivity contribution in [2.75, 3.05) is 12.0 Å². The number of hydrogen-bond donors (Lipinski definition) is 1. The van der Waals surface area contributed by atoms with Crippen molar-refractivity contribution >= 4 is 23.1 Å². The van der Waals surface area contributed by atoms with Gasteiger partial charge in [0.15, 0.2) is 5.78 Å². The largest absolute Gasteiger partial charge is 0.497 e. The average molecular weight is 528 g/mol. The van der Waals surface area contributed by atoms with Crippen LogP contribution in [0.5, 0.6) is 5.75 Å². The van der Waals surface area contributed by atoms with Crippen molar-refractivity contribution < 1.29 is 9.53 Å². The second kappa shape index (κ2) is 9.38. The number of rotatable bonds is 4. The highest BCUT2D eigenvalue weighted by molar-refractivity contribution is 6.31. The number of carbonyl (C=O) groups is 1. The molecule has 1 aliphatic heterocycles. The fourth-order valence-electron chi connectivity index (χ4n) is 5.52. The summed E-state index contributed by atoms with van der Waals surface area (Å²) in [6.45, 7) is 8.01. The fourth-order valence-corrected chi connectivity index (χ4v) is 5.90. The van der Waals surface area contributed by atoms with Crippen LogP contribution in [0.25, 0.3) is 5.69 Å². The van der Waals surface area contributed by atoms with Gasteiger partial charge in [-0.3, -0.25) is 9.69 Å². The van der Waals surface area contributed by atoms with Crippen LogP contribution < -0.4 is 15.4 Å². The lowest BCUT2D eigenvalue weighted by atomic mass is 9.68. The Hall–Kier alpha value is -4.02. The zero-order valence-electron chi connectivity index (χ0n) is 22.2. The monoisotopic (exact) mass is 527 g/mol. The van der Waals surface area contributed by atoms with Crippen molar-refractivity contribution in [2.24, 2.45) is 11.1 Å². The maximum Gasteiger partial charge on any atom is 0.162 e. The molecule has 1 aliphatic carbocycles. The molecule has 1 atom stereocenters. The van der Waals surface area contributed by atoms with Crippen molar-refractivity contribution in [3.8, 4) is 17.5 Å². The molecule has 5 rings (SSSR count). The number of nitrogens with zero attached hydrogens (tertiary/aromatic N) is 4. The molecule has 1 aromatic heterocycles. The van der Waals surface area contributed by atoms with Gasteiger partial charge < -0.3 is 10.5 Å². The predicted molar refractivity (Wildman–Crippen MR) is 148 cm³/mol. The number of aryl methyl sites for hydroxylation is 2. The third-order valence-corrected chi connectivity index (χ3v) is 7.69. The first-order valence-corrected chi connectivity index (χ1v) is 12.9. The molecule has 0 radical (unpaired) electrons. The Bertz CT molecular complexity index is 1540. The molecule has 2 heterocycles. The van der Waals surface area contributed by atoms with Gasteiger partial charge in [0.25, 0.3) is 0 Å². The minimum absolute atomic E-state index is 0.0152. The number of halogens is 1. The SMILES string of the molecule is COc1ccc(N2C(N)=C(C#N)C(c3c(C)nn(-c4ccc(C)cc4)c3Cl)C3=C2CC(C)(C)CC3=O)cc1. The van der Waals surface area contributed by atoms with Gasteiger partial charge in [0, 0.05) is 28.9 Å². The van der Waals surface area contributed by atoms with Gasteiger partial charge in [-0.25, -0.2) is 4.68 Å². The lowest BCUT2D eigenvalue weighted by Gasteiger charge is -2.43. The van der Waals surface area contributed by atoms with Crippen molar-refractivity contribution in [3.63, 3.8) is 0 Å². The highest BCUT2D eigenvalue weighted by atomic mass is 35.5. The fraction of sp³-hybridized carbons (Fsp3) is 0.300. The van der Waals surface area contributed by atoms with Crippen LogP contribution in [0.1, 0.15) is 49.4 Å². The molecular formula is C30H30ClN5O2. The molecule has 8 heteroatoms. The number of allylic oxidation sites excluding steroid dienone is 3. The molecule has 38 heavy (non-hydrogen) atoms. The Kier molecular flexibility index (Phi) is 6.32. The molecule has 0 fully saturated rings. The van der Waals surface area contributed by atoms with Crippen LogP contribution in [-0.2, 0) is 4.79 Å². The Morgan fingerprint density at radius 3 is 2.32 bits per heavy atom. The Morgan fingerprint density at radius 1 is 1.08 bits per heavy atom. The van der Waals surface area contributed by atoms with E-state index in [-0.39, 0.29) is 22.6 Å². The number of ether oxygens (including phenoxy) is 1. The Morgan fingerprint density at radius 2 is 1.71 bits per heavy atom. The van der Waals surface area contributed by atoms with E-state index < -0.39 is 5.92 Å². The molecule has 0 bridgehead atoms. The number of nitrogens with two attached hydrogens (primary N) is 1. The number of aromatic nitrogens is 2. The van der Waals surface area contributed by atoms with Crippen molar-refractivity contribution in [2.45, 2.75) is 46.5 Å². The van der Waals surface area contributed by atoms with E-state index in [9.17, 15) is 10.1 Å². The molecule has 0 amide bonds. The molecule has 0 saturated heterocycles. The highest BCUT2D eigenvalue weighted by Crippen LogP contribution is 2.52. The second-order valence-electron chi connectivity index (χ2n) is 10.7. The van der Waals surface area contributed by atoms with Crippen LogP contribution in [0.4, 0.5) is 5.69 Å². The molecule has 0 spiro atoms. The average Bonchev–Trinajstić information content (AvgIpc) is 3.16. The summed E-state index contributed by atoms with van der Waals surface area (Å²) < 4.78 is 6.98. The third-order valence-electron chi connectivity index (χ3n) is 7.33. The van der Waals surface area contributed by atoms with Gasteiger partial charge in [0.1, 0.15) is 16.7 Å². The number of hydrogen-bond acceptors (Lipinski definition) is 6. The van der Waals surface area contributed by atoms with Crippen LogP contribution in [-0.4, -0.2) is 22.7 Å². The van der Waals surface area contributed by atoms with E-state index in [1.807, 2.05) is 67.3 Å². The van der Waals surface area contributed by atoms with Gasteiger partial charge >= 0.3 is 0 Å². The van der Waals surface area contributed by atoms with Crippen molar-refractivity contribution in [3.05, 3.63) is 93.2 Å². The number of anilines is 1. The first-order valence-electron chi connectivity index (χ1n) is 12.5. The quantitative estimate of drug-likeness (QED) is 0.441. The van der Waals surface area contributed by atoms with Crippen LogP contribution in [0.2, 0.25) is 5.15 Å². The summed E-state index contributed by atoms with van der Waals surface area (Å²) in [7, 11) is 1.61. The number of Topliss-reactive ketones (excluding diaryl/α,β-unsaturated/α-hetero) is 1. The lowest BCUT2D eigenvalue weighted by Crippen LogP contribution is -2.42. The van der Waals surface area contributed by atoms with Crippen LogP contribution >= 0.6 is 11.6 Å². The highest BCUT2D eigenvalue weighted by Gasteiger charge is 2.46. The van der Waals surface area contributed by atoms with Gasteiger partial charge in [0.05, 0.1) is 36.1 Å². The van der Waals surface area contributed by atoms with Gasteiger partial charge in [-0.1, -0.05) is 43.1 Å². The van der Waals surface area contributed by atoms with Gasteiger partial charge in [-0.15, -0.1) is 0 Å². The van der Waals surface area contributed by atoms with Crippen molar-refractivity contribution in [1.29, 1.82) is 5.26 Å². The van der Waals surface area contributed by atoms with E-state index in [0.717, 1.165) is 22.6 Å². The molecule has 0 saturated carbocycles. The van der Waals surface area contributed by atoms with Gasteiger partial charge in [-0.05, 0) is 62.1 Å². The van der Waals surface area contributed by atoms with E-state index in [2.05, 4.69) is 19.9 Å². The first kappa shape index (κ1) is 25.6. The molecule has 2 aromatic carbocycles. The van der Waals surface area contributed by atoms with E-state index in [1.54, 1.807) is 11.8 Å². The summed E-state index contributed by atoms with van der Waals surface area (Å²) >= 11 is 7.00. The molecule has 7 nitrogen and oxygen atoms in total.